The lowest BCUT2D eigenvalue weighted by Crippen LogP contribution is -2.20. The SMILES string of the molecule is COC1=C(OC)C(=O)C(c2ccc3c(c2)CCC3=O)C#C1. The van der Waals surface area contributed by atoms with Crippen molar-refractivity contribution >= 4 is 11.6 Å². The Labute approximate surface area is 122 Å². The number of hydrogen-bond donors (Lipinski definition) is 0. The van der Waals surface area contributed by atoms with Crippen LogP contribution < -0.4 is 0 Å². The van der Waals surface area contributed by atoms with Crippen molar-refractivity contribution in [3.05, 3.63) is 46.4 Å². The van der Waals surface area contributed by atoms with Gasteiger partial charge in [0.25, 0.3) is 0 Å². The normalized spacial score (nSPS) is 20.0. The van der Waals surface area contributed by atoms with Gasteiger partial charge in [0, 0.05) is 12.0 Å². The van der Waals surface area contributed by atoms with Crippen LogP contribution in [0.5, 0.6) is 0 Å². The molecule has 2 aliphatic rings. The Morgan fingerprint density at radius 3 is 2.67 bits per heavy atom. The Morgan fingerprint density at radius 2 is 1.95 bits per heavy atom. The van der Waals surface area contributed by atoms with Crippen LogP contribution in [0.25, 0.3) is 0 Å². The summed E-state index contributed by atoms with van der Waals surface area (Å²) in [6, 6.07) is 5.49. The number of fused-ring (bicyclic) bond motifs is 1. The Bertz CT molecular complexity index is 731. The van der Waals surface area contributed by atoms with Crippen LogP contribution in [0.15, 0.2) is 29.7 Å². The molecule has 21 heavy (non-hydrogen) atoms. The van der Waals surface area contributed by atoms with Crippen LogP contribution in [0.4, 0.5) is 0 Å². The van der Waals surface area contributed by atoms with Gasteiger partial charge in [-0.3, -0.25) is 9.59 Å². The number of Topliss-reactive ketones (excluding diaryl/α,β-unsaturated/α-hetero) is 2. The predicted octanol–water partition coefficient (Wildman–Crippen LogP) is 1.99. The highest BCUT2D eigenvalue weighted by Gasteiger charge is 2.30. The van der Waals surface area contributed by atoms with Crippen molar-refractivity contribution in [1.29, 1.82) is 0 Å². The molecule has 0 bridgehead atoms. The molecular formula is C17H14O4. The van der Waals surface area contributed by atoms with E-state index in [2.05, 4.69) is 11.8 Å². The molecular weight excluding hydrogens is 268 g/mol. The number of methoxy groups -OCH3 is 2. The second kappa shape index (κ2) is 5.10. The molecule has 0 spiro atoms. The van der Waals surface area contributed by atoms with Crippen molar-refractivity contribution in [2.24, 2.45) is 0 Å². The Kier molecular flexibility index (Phi) is 3.26. The average molecular weight is 282 g/mol. The van der Waals surface area contributed by atoms with Crippen LogP contribution in [-0.2, 0) is 20.7 Å². The molecule has 1 aromatic rings. The molecule has 1 atom stereocenters. The summed E-state index contributed by atoms with van der Waals surface area (Å²) < 4.78 is 10.2. The highest BCUT2D eigenvalue weighted by atomic mass is 16.5. The van der Waals surface area contributed by atoms with Crippen LogP contribution in [0.2, 0.25) is 0 Å². The van der Waals surface area contributed by atoms with E-state index in [1.807, 2.05) is 6.07 Å². The third-order valence-electron chi connectivity index (χ3n) is 3.81. The number of hydrogen-bond acceptors (Lipinski definition) is 4. The van der Waals surface area contributed by atoms with Crippen molar-refractivity contribution in [1.82, 2.24) is 0 Å². The van der Waals surface area contributed by atoms with E-state index in [9.17, 15) is 9.59 Å². The van der Waals surface area contributed by atoms with Gasteiger partial charge in [-0.05, 0) is 23.5 Å². The molecule has 3 rings (SSSR count). The zero-order valence-electron chi connectivity index (χ0n) is 11.9. The molecule has 0 aromatic heterocycles. The Morgan fingerprint density at radius 1 is 1.14 bits per heavy atom. The number of benzene rings is 1. The quantitative estimate of drug-likeness (QED) is 0.796. The summed E-state index contributed by atoms with van der Waals surface area (Å²) in [6.07, 6.45) is 1.27. The van der Waals surface area contributed by atoms with E-state index in [1.54, 1.807) is 12.1 Å². The first-order valence-corrected chi connectivity index (χ1v) is 6.69. The van der Waals surface area contributed by atoms with Gasteiger partial charge in [0.05, 0.1) is 14.2 Å². The number of rotatable bonds is 3. The molecule has 1 aromatic carbocycles. The summed E-state index contributed by atoms with van der Waals surface area (Å²) in [5.74, 6) is 5.52. The van der Waals surface area contributed by atoms with Gasteiger partial charge in [-0.15, -0.1) is 0 Å². The molecule has 0 N–H and O–H groups in total. The fourth-order valence-corrected chi connectivity index (χ4v) is 2.73. The van der Waals surface area contributed by atoms with Crippen molar-refractivity contribution in [2.75, 3.05) is 14.2 Å². The van der Waals surface area contributed by atoms with Gasteiger partial charge in [-0.2, -0.15) is 0 Å². The average Bonchev–Trinajstić information content (AvgIpc) is 2.87. The third kappa shape index (κ3) is 2.11. The van der Waals surface area contributed by atoms with E-state index in [-0.39, 0.29) is 23.1 Å². The number of allylic oxidation sites excluding steroid dienone is 2. The number of ether oxygens (including phenoxy) is 2. The second-order valence-electron chi connectivity index (χ2n) is 4.97. The maximum Gasteiger partial charge on any atom is 0.221 e. The van der Waals surface area contributed by atoms with Crippen molar-refractivity contribution in [2.45, 2.75) is 18.8 Å². The highest BCUT2D eigenvalue weighted by Crippen LogP contribution is 2.30. The standard InChI is InChI=1S/C17H14O4/c1-20-15-8-6-13(16(19)17(15)21-2)11-3-5-12-10(9-11)4-7-14(12)18/h3,5,9,13H,4,7H2,1-2H3. The summed E-state index contributed by atoms with van der Waals surface area (Å²) in [7, 11) is 2.88. The summed E-state index contributed by atoms with van der Waals surface area (Å²) in [5, 5.41) is 0. The Hall–Kier alpha value is -2.54. The minimum atomic E-state index is -0.570. The molecule has 0 fully saturated rings. The lowest BCUT2D eigenvalue weighted by Gasteiger charge is -2.17. The number of carbonyl (C=O) groups is 2. The zero-order valence-corrected chi connectivity index (χ0v) is 11.9. The van der Waals surface area contributed by atoms with Crippen LogP contribution in [0.1, 0.15) is 33.8 Å². The van der Waals surface area contributed by atoms with Crippen LogP contribution in [-0.4, -0.2) is 25.8 Å². The molecule has 0 aliphatic heterocycles. The molecule has 1 unspecified atom stereocenters. The first-order valence-electron chi connectivity index (χ1n) is 6.69. The van der Waals surface area contributed by atoms with E-state index in [4.69, 9.17) is 9.47 Å². The van der Waals surface area contributed by atoms with Gasteiger partial charge >= 0.3 is 0 Å². The lowest BCUT2D eigenvalue weighted by atomic mass is 9.89. The Balaban J connectivity index is 1.99. The first-order chi connectivity index (χ1) is 10.2. The summed E-state index contributed by atoms with van der Waals surface area (Å²) in [6.45, 7) is 0. The first kappa shape index (κ1) is 13.4. The van der Waals surface area contributed by atoms with Crippen molar-refractivity contribution in [3.8, 4) is 11.8 Å². The topological polar surface area (TPSA) is 52.6 Å². The minimum Gasteiger partial charge on any atom is -0.489 e. The van der Waals surface area contributed by atoms with Gasteiger partial charge in [0.1, 0.15) is 5.92 Å². The minimum absolute atomic E-state index is 0.151. The van der Waals surface area contributed by atoms with Crippen molar-refractivity contribution in [3.63, 3.8) is 0 Å². The van der Waals surface area contributed by atoms with Gasteiger partial charge in [0.2, 0.25) is 17.3 Å². The van der Waals surface area contributed by atoms with E-state index in [0.717, 1.165) is 23.1 Å². The molecule has 0 radical (unpaired) electrons. The molecule has 4 nitrogen and oxygen atoms in total. The number of ketones is 2. The summed E-state index contributed by atoms with van der Waals surface area (Å²) >= 11 is 0. The smallest absolute Gasteiger partial charge is 0.221 e. The molecule has 106 valence electrons. The second-order valence-corrected chi connectivity index (χ2v) is 4.97. The lowest BCUT2D eigenvalue weighted by molar-refractivity contribution is -0.119. The van der Waals surface area contributed by atoms with Crippen molar-refractivity contribution < 1.29 is 19.1 Å². The fourth-order valence-electron chi connectivity index (χ4n) is 2.73. The van der Waals surface area contributed by atoms with Crippen LogP contribution in [0.3, 0.4) is 0 Å². The fraction of sp³-hybridized carbons (Fsp3) is 0.294. The van der Waals surface area contributed by atoms with E-state index < -0.39 is 5.92 Å². The van der Waals surface area contributed by atoms with E-state index >= 15 is 0 Å². The molecule has 4 heteroatoms. The number of carbonyl (C=O) groups excluding carboxylic acids is 2. The van der Waals surface area contributed by atoms with Gasteiger partial charge in [-0.1, -0.05) is 24.1 Å². The monoisotopic (exact) mass is 282 g/mol. The zero-order chi connectivity index (χ0) is 15.0. The van der Waals surface area contributed by atoms with Gasteiger partial charge in [0.15, 0.2) is 5.78 Å². The summed E-state index contributed by atoms with van der Waals surface area (Å²) in [4.78, 5) is 24.1. The third-order valence-corrected chi connectivity index (χ3v) is 3.81. The van der Waals surface area contributed by atoms with Gasteiger partial charge in [-0.25, -0.2) is 0 Å². The molecule has 2 aliphatic carbocycles. The van der Waals surface area contributed by atoms with Crippen LogP contribution >= 0.6 is 0 Å². The maximum atomic E-state index is 12.5. The van der Waals surface area contributed by atoms with Gasteiger partial charge < -0.3 is 9.47 Å². The highest BCUT2D eigenvalue weighted by molar-refractivity contribution is 6.04. The summed E-state index contributed by atoms with van der Waals surface area (Å²) in [5.41, 5.74) is 2.55. The predicted molar refractivity (Wildman–Crippen MR) is 75.7 cm³/mol. The maximum absolute atomic E-state index is 12.5. The molecule has 0 heterocycles. The number of aryl methyl sites for hydroxylation is 1. The largest absolute Gasteiger partial charge is 0.489 e. The molecule has 0 amide bonds. The van der Waals surface area contributed by atoms with E-state index in [1.165, 1.54) is 14.2 Å². The van der Waals surface area contributed by atoms with Crippen LogP contribution in [0, 0.1) is 11.8 Å². The molecule has 0 saturated heterocycles. The molecule has 0 saturated carbocycles. The van der Waals surface area contributed by atoms with E-state index in [0.29, 0.717) is 6.42 Å².